The molecule has 0 bridgehead atoms. The Bertz CT molecular complexity index is 330. The topological polar surface area (TPSA) is 32.9 Å². The summed E-state index contributed by atoms with van der Waals surface area (Å²) < 4.78 is 0. The summed E-state index contributed by atoms with van der Waals surface area (Å²) >= 11 is 0. The Balaban J connectivity index is 3.37. The van der Waals surface area contributed by atoms with Gasteiger partial charge in [-0.25, -0.2) is 0 Å². The second kappa shape index (κ2) is 2.40. The smallest absolute Gasteiger partial charge is 0.248 e. The molecule has 0 atom stereocenters. The van der Waals surface area contributed by atoms with Gasteiger partial charge in [0.25, 0.3) is 0 Å². The zero-order valence-corrected chi connectivity index (χ0v) is 5.64. The van der Waals surface area contributed by atoms with E-state index < -0.39 is 0 Å². The zero-order valence-electron chi connectivity index (χ0n) is 5.64. The standard InChI is InChI=1S/C8H7NO/c1-3-7-5-9-8(10)4-6(7)2/h1,4-5H,2H3,(H,9,10). The predicted octanol–water partition coefficient (Wildman–Crippen LogP) is 0.665. The summed E-state index contributed by atoms with van der Waals surface area (Å²) in [6.45, 7) is 1.81. The van der Waals surface area contributed by atoms with E-state index >= 15 is 0 Å². The van der Waals surface area contributed by atoms with E-state index in [1.807, 2.05) is 6.92 Å². The molecule has 0 saturated carbocycles. The van der Waals surface area contributed by atoms with Crippen molar-refractivity contribution in [3.8, 4) is 12.3 Å². The molecule has 0 unspecified atom stereocenters. The van der Waals surface area contributed by atoms with Crippen LogP contribution in [0.15, 0.2) is 17.1 Å². The lowest BCUT2D eigenvalue weighted by Gasteiger charge is -1.92. The molecule has 0 aromatic carbocycles. The van der Waals surface area contributed by atoms with E-state index in [9.17, 15) is 4.79 Å². The number of hydrogen-bond acceptors (Lipinski definition) is 1. The average molecular weight is 133 g/mol. The monoisotopic (exact) mass is 133 g/mol. The molecule has 1 aromatic rings. The van der Waals surface area contributed by atoms with Gasteiger partial charge in [-0.2, -0.15) is 0 Å². The number of pyridine rings is 1. The number of aromatic nitrogens is 1. The highest BCUT2D eigenvalue weighted by molar-refractivity contribution is 5.35. The minimum absolute atomic E-state index is 0.114. The van der Waals surface area contributed by atoms with Crippen molar-refractivity contribution < 1.29 is 0 Å². The van der Waals surface area contributed by atoms with Crippen molar-refractivity contribution in [2.75, 3.05) is 0 Å². The fourth-order valence-corrected chi connectivity index (χ4v) is 0.729. The second-order valence-corrected chi connectivity index (χ2v) is 2.04. The van der Waals surface area contributed by atoms with Crippen LogP contribution in [0.4, 0.5) is 0 Å². The van der Waals surface area contributed by atoms with Gasteiger partial charge < -0.3 is 4.98 Å². The molecule has 0 aliphatic rings. The van der Waals surface area contributed by atoms with Gasteiger partial charge in [0.2, 0.25) is 5.56 Å². The van der Waals surface area contributed by atoms with Crippen LogP contribution in [0, 0.1) is 19.3 Å². The number of aryl methyl sites for hydroxylation is 1. The zero-order chi connectivity index (χ0) is 7.56. The van der Waals surface area contributed by atoms with Crippen molar-refractivity contribution in [1.29, 1.82) is 0 Å². The molecule has 0 aliphatic heterocycles. The van der Waals surface area contributed by atoms with Crippen LogP contribution < -0.4 is 5.56 Å². The summed E-state index contributed by atoms with van der Waals surface area (Å²) in [5, 5.41) is 0. The Hall–Kier alpha value is -1.49. The van der Waals surface area contributed by atoms with E-state index in [1.54, 1.807) is 0 Å². The molecule has 1 N–H and O–H groups in total. The molecule has 0 amide bonds. The van der Waals surface area contributed by atoms with E-state index in [4.69, 9.17) is 6.42 Å². The molecule has 50 valence electrons. The first-order valence-electron chi connectivity index (χ1n) is 2.90. The molecule has 10 heavy (non-hydrogen) atoms. The van der Waals surface area contributed by atoms with Gasteiger partial charge in [0.1, 0.15) is 0 Å². The molecule has 0 saturated heterocycles. The maximum atomic E-state index is 10.6. The third-order valence-corrected chi connectivity index (χ3v) is 1.29. The van der Waals surface area contributed by atoms with Crippen LogP contribution in [0.25, 0.3) is 0 Å². The summed E-state index contributed by atoms with van der Waals surface area (Å²) in [6, 6.07) is 1.48. The van der Waals surface area contributed by atoms with Crippen molar-refractivity contribution in [3.05, 3.63) is 33.7 Å². The third kappa shape index (κ3) is 1.08. The number of aromatic amines is 1. The number of terminal acetylenes is 1. The summed E-state index contributed by atoms with van der Waals surface area (Å²) in [7, 11) is 0. The highest BCUT2D eigenvalue weighted by atomic mass is 16.1. The normalized spacial score (nSPS) is 8.80. The molecule has 1 heterocycles. The van der Waals surface area contributed by atoms with Crippen LogP contribution in [0.2, 0.25) is 0 Å². The Morgan fingerprint density at radius 2 is 2.40 bits per heavy atom. The van der Waals surface area contributed by atoms with Crippen LogP contribution >= 0.6 is 0 Å². The molecule has 0 spiro atoms. The molecule has 0 fully saturated rings. The molecular weight excluding hydrogens is 126 g/mol. The molecule has 0 radical (unpaired) electrons. The van der Waals surface area contributed by atoms with Crippen LogP contribution in [-0.2, 0) is 0 Å². The van der Waals surface area contributed by atoms with Gasteiger partial charge in [0, 0.05) is 17.8 Å². The first kappa shape index (κ1) is 6.63. The second-order valence-electron chi connectivity index (χ2n) is 2.04. The SMILES string of the molecule is C#Cc1c[nH]c(=O)cc1C. The predicted molar refractivity (Wildman–Crippen MR) is 39.7 cm³/mol. The third-order valence-electron chi connectivity index (χ3n) is 1.29. The van der Waals surface area contributed by atoms with Crippen molar-refractivity contribution in [2.24, 2.45) is 0 Å². The molecule has 2 heteroatoms. The van der Waals surface area contributed by atoms with E-state index in [-0.39, 0.29) is 5.56 Å². The molecule has 2 nitrogen and oxygen atoms in total. The molecule has 1 rings (SSSR count). The average Bonchev–Trinajstić information content (AvgIpc) is 1.88. The summed E-state index contributed by atoms with van der Waals surface area (Å²) in [5.74, 6) is 2.45. The van der Waals surface area contributed by atoms with Crippen LogP contribution in [-0.4, -0.2) is 4.98 Å². The minimum Gasteiger partial charge on any atom is -0.328 e. The number of hydrogen-bond donors (Lipinski definition) is 1. The van der Waals surface area contributed by atoms with Gasteiger partial charge in [-0.1, -0.05) is 5.92 Å². The Morgan fingerprint density at radius 3 is 2.90 bits per heavy atom. The van der Waals surface area contributed by atoms with Crippen LogP contribution in [0.1, 0.15) is 11.1 Å². The summed E-state index contributed by atoms with van der Waals surface area (Å²) in [4.78, 5) is 13.1. The van der Waals surface area contributed by atoms with E-state index in [1.165, 1.54) is 12.3 Å². The fraction of sp³-hybridized carbons (Fsp3) is 0.125. The van der Waals surface area contributed by atoms with Crippen molar-refractivity contribution in [2.45, 2.75) is 6.92 Å². The highest BCUT2D eigenvalue weighted by Crippen LogP contribution is 1.98. The Morgan fingerprint density at radius 1 is 1.70 bits per heavy atom. The van der Waals surface area contributed by atoms with Gasteiger partial charge in [0.05, 0.1) is 0 Å². The number of nitrogens with one attached hydrogen (secondary N) is 1. The quantitative estimate of drug-likeness (QED) is 0.518. The summed E-state index contributed by atoms with van der Waals surface area (Å²) in [5.41, 5.74) is 1.46. The Kier molecular flexibility index (Phi) is 1.59. The minimum atomic E-state index is -0.114. The van der Waals surface area contributed by atoms with Crippen molar-refractivity contribution in [3.63, 3.8) is 0 Å². The van der Waals surface area contributed by atoms with E-state index in [0.29, 0.717) is 0 Å². The largest absolute Gasteiger partial charge is 0.328 e. The van der Waals surface area contributed by atoms with E-state index in [2.05, 4.69) is 10.9 Å². The lowest BCUT2D eigenvalue weighted by molar-refractivity contribution is 1.19. The first-order chi connectivity index (χ1) is 4.74. The maximum absolute atomic E-state index is 10.6. The fourth-order valence-electron chi connectivity index (χ4n) is 0.729. The lowest BCUT2D eigenvalue weighted by atomic mass is 10.2. The van der Waals surface area contributed by atoms with Crippen molar-refractivity contribution >= 4 is 0 Å². The maximum Gasteiger partial charge on any atom is 0.248 e. The van der Waals surface area contributed by atoms with Crippen molar-refractivity contribution in [1.82, 2.24) is 4.98 Å². The van der Waals surface area contributed by atoms with Gasteiger partial charge in [-0.05, 0) is 12.5 Å². The van der Waals surface area contributed by atoms with Gasteiger partial charge in [0.15, 0.2) is 0 Å². The Labute approximate surface area is 58.9 Å². The number of rotatable bonds is 0. The van der Waals surface area contributed by atoms with Crippen LogP contribution in [0.3, 0.4) is 0 Å². The van der Waals surface area contributed by atoms with E-state index in [0.717, 1.165) is 11.1 Å². The highest BCUT2D eigenvalue weighted by Gasteiger charge is 1.92. The van der Waals surface area contributed by atoms with Gasteiger partial charge >= 0.3 is 0 Å². The van der Waals surface area contributed by atoms with Gasteiger partial charge in [-0.3, -0.25) is 4.79 Å². The summed E-state index contributed by atoms with van der Waals surface area (Å²) in [6.07, 6.45) is 6.67. The molecule has 0 aliphatic carbocycles. The van der Waals surface area contributed by atoms with Crippen LogP contribution in [0.5, 0.6) is 0 Å². The van der Waals surface area contributed by atoms with Gasteiger partial charge in [-0.15, -0.1) is 6.42 Å². The number of H-pyrrole nitrogens is 1. The molecule has 1 aromatic heterocycles. The first-order valence-corrected chi connectivity index (χ1v) is 2.90. The lowest BCUT2D eigenvalue weighted by Crippen LogP contribution is -2.04. The molecular formula is C8H7NO.